The van der Waals surface area contributed by atoms with Gasteiger partial charge in [-0.2, -0.15) is 13.2 Å². The number of rotatable bonds is 7. The maximum Gasteiger partial charge on any atom is 0.411 e. The van der Waals surface area contributed by atoms with Crippen LogP contribution in [0.2, 0.25) is 0 Å². The highest BCUT2D eigenvalue weighted by molar-refractivity contribution is 9.10. The number of halogens is 4. The SMILES string of the molecule is CNC(COCC(F)(F)F)c1cc(OC)c(OC)cc1Br. The zero-order valence-corrected chi connectivity index (χ0v) is 13.5. The third kappa shape index (κ3) is 5.37. The van der Waals surface area contributed by atoms with Gasteiger partial charge >= 0.3 is 6.18 Å². The first kappa shape index (κ1) is 18.1. The lowest BCUT2D eigenvalue weighted by Crippen LogP contribution is -2.26. The van der Waals surface area contributed by atoms with Crippen molar-refractivity contribution >= 4 is 15.9 Å². The van der Waals surface area contributed by atoms with Crippen LogP contribution in [-0.2, 0) is 4.74 Å². The van der Waals surface area contributed by atoms with Crippen molar-refractivity contribution in [1.82, 2.24) is 5.32 Å². The Hall–Kier alpha value is -0.990. The van der Waals surface area contributed by atoms with Crippen LogP contribution < -0.4 is 14.8 Å². The molecule has 4 nitrogen and oxygen atoms in total. The average Bonchev–Trinajstić information content (AvgIpc) is 2.42. The highest BCUT2D eigenvalue weighted by Crippen LogP contribution is 2.36. The lowest BCUT2D eigenvalue weighted by atomic mass is 10.1. The summed E-state index contributed by atoms with van der Waals surface area (Å²) in [5.74, 6) is 1.02. The van der Waals surface area contributed by atoms with Crippen LogP contribution in [0.4, 0.5) is 13.2 Å². The minimum atomic E-state index is -4.34. The summed E-state index contributed by atoms with van der Waals surface area (Å²) in [4.78, 5) is 0. The maximum atomic E-state index is 12.1. The van der Waals surface area contributed by atoms with Crippen molar-refractivity contribution in [1.29, 1.82) is 0 Å². The van der Waals surface area contributed by atoms with Crippen LogP contribution >= 0.6 is 15.9 Å². The number of hydrogen-bond donors (Lipinski definition) is 1. The van der Waals surface area contributed by atoms with E-state index in [9.17, 15) is 13.2 Å². The van der Waals surface area contributed by atoms with E-state index in [2.05, 4.69) is 21.2 Å². The molecule has 0 aliphatic heterocycles. The van der Waals surface area contributed by atoms with Crippen LogP contribution in [0.3, 0.4) is 0 Å². The average molecular weight is 372 g/mol. The number of methoxy groups -OCH3 is 2. The maximum absolute atomic E-state index is 12.1. The third-order valence-corrected chi connectivity index (χ3v) is 3.46. The molecule has 1 N–H and O–H groups in total. The molecule has 120 valence electrons. The molecular formula is C13H17BrF3NO3. The van der Waals surface area contributed by atoms with Gasteiger partial charge in [-0.1, -0.05) is 15.9 Å². The molecular weight excluding hydrogens is 355 g/mol. The molecule has 0 heterocycles. The Morgan fingerprint density at radius 1 is 1.19 bits per heavy atom. The van der Waals surface area contributed by atoms with Gasteiger partial charge < -0.3 is 19.5 Å². The van der Waals surface area contributed by atoms with Gasteiger partial charge in [-0.15, -0.1) is 0 Å². The standard InChI is InChI=1S/C13H17BrF3NO3/c1-18-10(6-21-7-13(15,16)17)8-4-11(19-2)12(20-3)5-9(8)14/h4-5,10,18H,6-7H2,1-3H3. The monoisotopic (exact) mass is 371 g/mol. The zero-order valence-electron chi connectivity index (χ0n) is 11.9. The Morgan fingerprint density at radius 3 is 2.24 bits per heavy atom. The van der Waals surface area contributed by atoms with Gasteiger partial charge in [0.1, 0.15) is 6.61 Å². The summed E-state index contributed by atoms with van der Waals surface area (Å²) in [6, 6.07) is 2.98. The van der Waals surface area contributed by atoms with E-state index in [4.69, 9.17) is 14.2 Å². The number of hydrogen-bond acceptors (Lipinski definition) is 4. The second-order valence-electron chi connectivity index (χ2n) is 4.20. The minimum absolute atomic E-state index is 0.121. The predicted octanol–water partition coefficient (Wildman–Crippen LogP) is 3.31. The summed E-state index contributed by atoms with van der Waals surface area (Å²) >= 11 is 3.37. The number of benzene rings is 1. The topological polar surface area (TPSA) is 39.7 Å². The molecule has 0 fully saturated rings. The molecule has 1 rings (SSSR count). The van der Waals surface area contributed by atoms with Gasteiger partial charge in [0.05, 0.1) is 26.9 Å². The second-order valence-corrected chi connectivity index (χ2v) is 5.05. The molecule has 0 spiro atoms. The highest BCUT2D eigenvalue weighted by Gasteiger charge is 2.28. The fraction of sp³-hybridized carbons (Fsp3) is 0.538. The van der Waals surface area contributed by atoms with Gasteiger partial charge in [0, 0.05) is 4.47 Å². The fourth-order valence-corrected chi connectivity index (χ4v) is 2.36. The van der Waals surface area contributed by atoms with E-state index in [1.807, 2.05) is 0 Å². The first-order valence-corrected chi connectivity index (χ1v) is 6.84. The summed E-state index contributed by atoms with van der Waals surface area (Å²) in [7, 11) is 4.64. The predicted molar refractivity (Wildman–Crippen MR) is 75.9 cm³/mol. The Bertz CT molecular complexity index is 469. The normalized spacial score (nSPS) is 13.1. The van der Waals surface area contributed by atoms with Crippen LogP contribution in [0.15, 0.2) is 16.6 Å². The van der Waals surface area contributed by atoms with E-state index in [1.165, 1.54) is 14.2 Å². The van der Waals surface area contributed by atoms with Gasteiger partial charge in [0.2, 0.25) is 0 Å². The molecule has 1 atom stereocenters. The van der Waals surface area contributed by atoms with E-state index in [0.717, 1.165) is 5.56 Å². The van der Waals surface area contributed by atoms with Crippen molar-refractivity contribution in [3.8, 4) is 11.5 Å². The summed E-state index contributed by atoms with van der Waals surface area (Å²) in [5, 5.41) is 2.92. The van der Waals surface area contributed by atoms with Crippen molar-refractivity contribution in [3.63, 3.8) is 0 Å². The molecule has 0 aliphatic rings. The lowest BCUT2D eigenvalue weighted by Gasteiger charge is -2.20. The largest absolute Gasteiger partial charge is 0.493 e. The van der Waals surface area contributed by atoms with Gasteiger partial charge in [0.25, 0.3) is 0 Å². The van der Waals surface area contributed by atoms with Crippen LogP contribution in [0.5, 0.6) is 11.5 Å². The Labute approximate surface area is 129 Å². The number of likely N-dealkylation sites (N-methyl/N-ethyl adjacent to an activating group) is 1. The van der Waals surface area contributed by atoms with Gasteiger partial charge in [-0.25, -0.2) is 0 Å². The number of ether oxygens (including phenoxy) is 3. The van der Waals surface area contributed by atoms with Crippen molar-refractivity contribution in [2.75, 3.05) is 34.5 Å². The van der Waals surface area contributed by atoms with Crippen LogP contribution in [0, 0.1) is 0 Å². The van der Waals surface area contributed by atoms with E-state index in [1.54, 1.807) is 19.2 Å². The number of alkyl halides is 3. The smallest absolute Gasteiger partial charge is 0.411 e. The van der Waals surface area contributed by atoms with E-state index >= 15 is 0 Å². The van der Waals surface area contributed by atoms with Gasteiger partial charge in [-0.05, 0) is 24.7 Å². The first-order chi connectivity index (χ1) is 9.82. The quantitative estimate of drug-likeness (QED) is 0.798. The van der Waals surface area contributed by atoms with E-state index in [-0.39, 0.29) is 6.61 Å². The van der Waals surface area contributed by atoms with E-state index in [0.29, 0.717) is 16.0 Å². The molecule has 0 bridgehead atoms. The van der Waals surface area contributed by atoms with E-state index < -0.39 is 18.8 Å². The summed E-state index contributed by atoms with van der Waals surface area (Å²) in [6.45, 7) is -1.40. The molecule has 0 radical (unpaired) electrons. The van der Waals surface area contributed by atoms with Crippen molar-refractivity contribution in [2.45, 2.75) is 12.2 Å². The van der Waals surface area contributed by atoms with Crippen molar-refractivity contribution < 1.29 is 27.4 Å². The highest BCUT2D eigenvalue weighted by atomic mass is 79.9. The minimum Gasteiger partial charge on any atom is -0.493 e. The molecule has 0 aromatic heterocycles. The molecule has 8 heteroatoms. The summed E-state index contributed by atoms with van der Waals surface area (Å²) in [6.07, 6.45) is -4.34. The summed E-state index contributed by atoms with van der Waals surface area (Å²) in [5.41, 5.74) is 0.720. The summed E-state index contributed by atoms with van der Waals surface area (Å²) < 4.78 is 52.1. The first-order valence-electron chi connectivity index (χ1n) is 6.05. The van der Waals surface area contributed by atoms with Crippen LogP contribution in [0.25, 0.3) is 0 Å². The van der Waals surface area contributed by atoms with Gasteiger partial charge in [-0.3, -0.25) is 0 Å². The van der Waals surface area contributed by atoms with Crippen molar-refractivity contribution in [3.05, 3.63) is 22.2 Å². The van der Waals surface area contributed by atoms with Crippen LogP contribution in [0.1, 0.15) is 11.6 Å². The van der Waals surface area contributed by atoms with Gasteiger partial charge in [0.15, 0.2) is 11.5 Å². The zero-order chi connectivity index (χ0) is 16.0. The second kappa shape index (κ2) is 7.86. The molecule has 0 amide bonds. The molecule has 1 aromatic rings. The van der Waals surface area contributed by atoms with Crippen LogP contribution in [-0.4, -0.2) is 40.7 Å². The van der Waals surface area contributed by atoms with Crippen molar-refractivity contribution in [2.24, 2.45) is 0 Å². The number of nitrogens with one attached hydrogen (secondary N) is 1. The molecule has 0 aliphatic carbocycles. The third-order valence-electron chi connectivity index (χ3n) is 2.78. The molecule has 1 unspecified atom stereocenters. The lowest BCUT2D eigenvalue weighted by molar-refractivity contribution is -0.175. The molecule has 21 heavy (non-hydrogen) atoms. The molecule has 0 saturated carbocycles. The Morgan fingerprint density at radius 2 is 1.76 bits per heavy atom. The molecule has 1 aromatic carbocycles. The Kier molecular flexibility index (Phi) is 6.76. The molecule has 0 saturated heterocycles. The fourth-order valence-electron chi connectivity index (χ4n) is 1.76. The Balaban J connectivity index is 2.89.